The molecule has 3 aromatic rings. The average molecular weight is 540 g/mol. The van der Waals surface area contributed by atoms with Crippen molar-refractivity contribution in [2.24, 2.45) is 5.10 Å². The van der Waals surface area contributed by atoms with Crippen molar-refractivity contribution in [3.8, 4) is 11.5 Å². The average Bonchev–Trinajstić information content (AvgIpc) is 2.96. The van der Waals surface area contributed by atoms with E-state index in [1.54, 1.807) is 30.3 Å². The molecule has 1 aliphatic heterocycles. The molecule has 0 aliphatic carbocycles. The van der Waals surface area contributed by atoms with Gasteiger partial charge in [-0.05, 0) is 78.9 Å². The number of hydrogen-bond acceptors (Lipinski definition) is 5. The minimum Gasteiger partial charge on any atom is -0.493 e. The maximum Gasteiger partial charge on any atom is 0.416 e. The Bertz CT molecular complexity index is 1330. The molecule has 0 aromatic heterocycles. The first-order valence-corrected chi connectivity index (χ1v) is 12.4. The standard InChI is InChI=1S/C29H28F3N3O4/c1-38-26-16-21(18-33-34-27(36)23-6-5-7-24(17-23)29(30,31)32)10-13-25(26)39-19-20-8-11-22(12-9-20)28(37)35-14-3-2-4-15-35/h5-13,16-18H,2-4,14-15,19H2,1H3,(H,34,36)/b33-18-. The third-order valence-corrected chi connectivity index (χ3v) is 6.26. The van der Waals surface area contributed by atoms with Crippen LogP contribution >= 0.6 is 0 Å². The van der Waals surface area contributed by atoms with Gasteiger partial charge >= 0.3 is 6.18 Å². The number of piperidine rings is 1. The van der Waals surface area contributed by atoms with Crippen LogP contribution in [0.2, 0.25) is 0 Å². The molecule has 0 radical (unpaired) electrons. The van der Waals surface area contributed by atoms with E-state index in [0.717, 1.165) is 56.1 Å². The SMILES string of the molecule is COc1cc(/C=N\NC(=O)c2cccc(C(F)(F)F)c2)ccc1OCc1ccc(C(=O)N2CCCCC2)cc1. The molecule has 1 heterocycles. The van der Waals surface area contributed by atoms with Crippen LogP contribution in [0, 0.1) is 0 Å². The zero-order chi connectivity index (χ0) is 27.8. The van der Waals surface area contributed by atoms with Crippen LogP contribution in [0.5, 0.6) is 11.5 Å². The molecule has 1 aliphatic rings. The summed E-state index contributed by atoms with van der Waals surface area (Å²) in [5.74, 6) is 0.191. The lowest BCUT2D eigenvalue weighted by molar-refractivity contribution is -0.137. The molecule has 10 heteroatoms. The highest BCUT2D eigenvalue weighted by molar-refractivity contribution is 5.95. The number of nitrogens with one attached hydrogen (secondary N) is 1. The number of nitrogens with zero attached hydrogens (tertiary/aromatic N) is 2. The van der Waals surface area contributed by atoms with Crippen LogP contribution in [0.3, 0.4) is 0 Å². The number of amides is 2. The molecule has 0 bridgehead atoms. The molecular weight excluding hydrogens is 511 g/mol. The van der Waals surface area contributed by atoms with Crippen LogP contribution < -0.4 is 14.9 Å². The van der Waals surface area contributed by atoms with Crippen molar-refractivity contribution in [1.82, 2.24) is 10.3 Å². The molecule has 1 saturated heterocycles. The Balaban J connectivity index is 1.33. The van der Waals surface area contributed by atoms with E-state index in [1.165, 1.54) is 19.4 Å². The third kappa shape index (κ3) is 7.37. The van der Waals surface area contributed by atoms with Gasteiger partial charge in [-0.15, -0.1) is 0 Å². The fraction of sp³-hybridized carbons (Fsp3) is 0.276. The van der Waals surface area contributed by atoms with Gasteiger partial charge in [0.05, 0.1) is 18.9 Å². The molecular formula is C29H28F3N3O4. The van der Waals surface area contributed by atoms with E-state index in [9.17, 15) is 22.8 Å². The summed E-state index contributed by atoms with van der Waals surface area (Å²) in [7, 11) is 1.49. The van der Waals surface area contributed by atoms with Gasteiger partial charge in [-0.1, -0.05) is 18.2 Å². The maximum absolute atomic E-state index is 12.9. The van der Waals surface area contributed by atoms with Gasteiger partial charge in [-0.25, -0.2) is 5.43 Å². The van der Waals surface area contributed by atoms with Crippen LogP contribution in [-0.2, 0) is 12.8 Å². The van der Waals surface area contributed by atoms with E-state index in [2.05, 4.69) is 10.5 Å². The topological polar surface area (TPSA) is 80.2 Å². The number of carbonyl (C=O) groups excluding carboxylic acids is 2. The Morgan fingerprint density at radius 1 is 0.949 bits per heavy atom. The monoisotopic (exact) mass is 539 g/mol. The van der Waals surface area contributed by atoms with E-state index in [0.29, 0.717) is 22.6 Å². The van der Waals surface area contributed by atoms with E-state index < -0.39 is 17.6 Å². The van der Waals surface area contributed by atoms with Gasteiger partial charge in [0, 0.05) is 24.2 Å². The van der Waals surface area contributed by atoms with Gasteiger partial charge in [-0.2, -0.15) is 18.3 Å². The second kappa shape index (κ2) is 12.5. The number of alkyl halides is 3. The lowest BCUT2D eigenvalue weighted by Crippen LogP contribution is -2.35. The van der Waals surface area contributed by atoms with E-state index >= 15 is 0 Å². The number of ether oxygens (including phenoxy) is 2. The number of benzene rings is 3. The fourth-order valence-corrected chi connectivity index (χ4v) is 4.13. The normalized spacial score (nSPS) is 13.8. The summed E-state index contributed by atoms with van der Waals surface area (Å²) in [6.07, 6.45) is 0.0412. The van der Waals surface area contributed by atoms with E-state index in [4.69, 9.17) is 9.47 Å². The highest BCUT2D eigenvalue weighted by Gasteiger charge is 2.30. The predicted octanol–water partition coefficient (Wildman–Crippen LogP) is 5.68. The van der Waals surface area contributed by atoms with E-state index in [-0.39, 0.29) is 18.1 Å². The quantitative estimate of drug-likeness (QED) is 0.295. The van der Waals surface area contributed by atoms with Crippen molar-refractivity contribution in [2.45, 2.75) is 32.0 Å². The predicted molar refractivity (Wildman–Crippen MR) is 140 cm³/mol. The minimum absolute atomic E-state index is 0.0482. The third-order valence-electron chi connectivity index (χ3n) is 6.26. The largest absolute Gasteiger partial charge is 0.493 e. The summed E-state index contributed by atoms with van der Waals surface area (Å²) >= 11 is 0. The molecule has 0 spiro atoms. The Morgan fingerprint density at radius 3 is 2.38 bits per heavy atom. The molecule has 0 saturated carbocycles. The zero-order valence-electron chi connectivity index (χ0n) is 21.3. The number of likely N-dealkylation sites (tertiary alicyclic amines) is 1. The first kappa shape index (κ1) is 27.7. The molecule has 2 amide bonds. The summed E-state index contributed by atoms with van der Waals surface area (Å²) in [6, 6.07) is 16.4. The van der Waals surface area contributed by atoms with Crippen molar-refractivity contribution in [1.29, 1.82) is 0 Å². The molecule has 4 rings (SSSR count). The first-order valence-electron chi connectivity index (χ1n) is 12.4. The van der Waals surface area contributed by atoms with Crippen LogP contribution in [0.15, 0.2) is 71.8 Å². The van der Waals surface area contributed by atoms with Crippen molar-refractivity contribution in [3.63, 3.8) is 0 Å². The van der Waals surface area contributed by atoms with Crippen LogP contribution in [0.1, 0.15) is 56.7 Å². The molecule has 0 atom stereocenters. The Labute approximate surface area is 224 Å². The van der Waals surface area contributed by atoms with Crippen molar-refractivity contribution >= 4 is 18.0 Å². The first-order chi connectivity index (χ1) is 18.7. The van der Waals surface area contributed by atoms with Gasteiger partial charge in [0.1, 0.15) is 6.61 Å². The number of carbonyl (C=O) groups is 2. The van der Waals surface area contributed by atoms with Crippen molar-refractivity contribution in [2.75, 3.05) is 20.2 Å². The Hall–Kier alpha value is -4.34. The second-order valence-electron chi connectivity index (χ2n) is 9.03. The summed E-state index contributed by atoms with van der Waals surface area (Å²) < 4.78 is 49.9. The van der Waals surface area contributed by atoms with Gasteiger partial charge in [-0.3, -0.25) is 9.59 Å². The Morgan fingerprint density at radius 2 is 1.69 bits per heavy atom. The molecule has 0 unspecified atom stereocenters. The van der Waals surface area contributed by atoms with Crippen molar-refractivity contribution in [3.05, 3.63) is 94.5 Å². The minimum atomic E-state index is -4.55. The van der Waals surface area contributed by atoms with Crippen molar-refractivity contribution < 1.29 is 32.2 Å². The molecule has 1 fully saturated rings. The lowest BCUT2D eigenvalue weighted by Gasteiger charge is -2.26. The van der Waals surface area contributed by atoms with Gasteiger partial charge in [0.25, 0.3) is 11.8 Å². The molecule has 39 heavy (non-hydrogen) atoms. The fourth-order valence-electron chi connectivity index (χ4n) is 4.13. The number of hydrogen-bond donors (Lipinski definition) is 1. The summed E-state index contributed by atoms with van der Waals surface area (Å²) in [5, 5.41) is 3.83. The zero-order valence-corrected chi connectivity index (χ0v) is 21.3. The molecule has 204 valence electrons. The van der Waals surface area contributed by atoms with E-state index in [1.807, 2.05) is 17.0 Å². The highest BCUT2D eigenvalue weighted by atomic mass is 19.4. The summed E-state index contributed by atoms with van der Waals surface area (Å²) in [4.78, 5) is 26.7. The lowest BCUT2D eigenvalue weighted by atomic mass is 10.1. The summed E-state index contributed by atoms with van der Waals surface area (Å²) in [5.41, 5.74) is 3.26. The van der Waals surface area contributed by atoms with Crippen LogP contribution in [0.25, 0.3) is 0 Å². The highest BCUT2D eigenvalue weighted by Crippen LogP contribution is 2.30. The molecule has 7 nitrogen and oxygen atoms in total. The Kier molecular flexibility index (Phi) is 8.85. The smallest absolute Gasteiger partial charge is 0.416 e. The van der Waals surface area contributed by atoms with Gasteiger partial charge < -0.3 is 14.4 Å². The number of hydrazone groups is 1. The molecule has 3 aromatic carbocycles. The molecule has 1 N–H and O–H groups in total. The number of halogens is 3. The van der Waals surface area contributed by atoms with Gasteiger partial charge in [0.15, 0.2) is 11.5 Å². The van der Waals surface area contributed by atoms with Gasteiger partial charge in [0.2, 0.25) is 0 Å². The van der Waals surface area contributed by atoms with Crippen LogP contribution in [-0.4, -0.2) is 43.1 Å². The maximum atomic E-state index is 12.9. The number of methoxy groups -OCH3 is 1. The van der Waals surface area contributed by atoms with Crippen LogP contribution in [0.4, 0.5) is 13.2 Å². The summed E-state index contributed by atoms with van der Waals surface area (Å²) in [6.45, 7) is 1.85. The number of rotatable bonds is 8. The second-order valence-corrected chi connectivity index (χ2v) is 9.03.